The van der Waals surface area contributed by atoms with E-state index in [9.17, 15) is 0 Å². The Morgan fingerprint density at radius 2 is 2.26 bits per heavy atom. The van der Waals surface area contributed by atoms with E-state index in [2.05, 4.69) is 36.6 Å². The molecular formula is C16H19N3. The van der Waals surface area contributed by atoms with Crippen molar-refractivity contribution >= 4 is 18.5 Å². The van der Waals surface area contributed by atoms with E-state index in [1.807, 2.05) is 12.1 Å². The predicted octanol–water partition coefficient (Wildman–Crippen LogP) is 3.25. The summed E-state index contributed by atoms with van der Waals surface area (Å²) in [5, 5.41) is 12.6. The van der Waals surface area contributed by atoms with Gasteiger partial charge >= 0.3 is 0 Å². The van der Waals surface area contributed by atoms with Crippen LogP contribution in [0.3, 0.4) is 0 Å². The van der Waals surface area contributed by atoms with Gasteiger partial charge in [-0.25, -0.2) is 0 Å². The molecule has 3 heteroatoms. The fourth-order valence-corrected chi connectivity index (χ4v) is 2.85. The minimum absolute atomic E-state index is 0.449. The summed E-state index contributed by atoms with van der Waals surface area (Å²) in [5.74, 6) is 1.11. The molecule has 1 aliphatic heterocycles. The van der Waals surface area contributed by atoms with E-state index in [-0.39, 0.29) is 0 Å². The summed E-state index contributed by atoms with van der Waals surface area (Å²) in [5.41, 5.74) is 3.39. The highest BCUT2D eigenvalue weighted by Gasteiger charge is 2.23. The van der Waals surface area contributed by atoms with Gasteiger partial charge in [-0.15, -0.1) is 0 Å². The zero-order valence-electron chi connectivity index (χ0n) is 11.3. The second-order valence-corrected chi connectivity index (χ2v) is 5.13. The van der Waals surface area contributed by atoms with Gasteiger partial charge in [0.15, 0.2) is 0 Å². The number of hydrogen-bond donors (Lipinski definition) is 1. The number of hydrogen-bond acceptors (Lipinski definition) is 3. The van der Waals surface area contributed by atoms with E-state index in [1.54, 1.807) is 6.08 Å². The van der Waals surface area contributed by atoms with Gasteiger partial charge < -0.3 is 5.32 Å². The number of nitrogens with one attached hydrogen (secondary N) is 1. The van der Waals surface area contributed by atoms with Gasteiger partial charge in [-0.05, 0) is 43.1 Å². The highest BCUT2D eigenvalue weighted by atomic mass is 14.9. The molecule has 3 nitrogen and oxygen atoms in total. The molecule has 0 spiro atoms. The van der Waals surface area contributed by atoms with Crippen molar-refractivity contribution in [2.75, 3.05) is 13.1 Å². The van der Waals surface area contributed by atoms with Crippen LogP contribution in [0.25, 0.3) is 6.08 Å². The van der Waals surface area contributed by atoms with E-state index in [0.29, 0.717) is 23.1 Å². The van der Waals surface area contributed by atoms with Gasteiger partial charge in [-0.1, -0.05) is 25.6 Å². The van der Waals surface area contributed by atoms with Crippen LogP contribution in [0.4, 0.5) is 5.69 Å². The first-order valence-electron chi connectivity index (χ1n) is 6.58. The average Bonchev–Trinajstić information content (AvgIpc) is 2.45. The molecular weight excluding hydrogens is 234 g/mol. The van der Waals surface area contributed by atoms with E-state index >= 15 is 0 Å². The molecule has 1 saturated heterocycles. The molecule has 2 atom stereocenters. The maximum atomic E-state index is 9.13. The van der Waals surface area contributed by atoms with Crippen molar-refractivity contribution in [1.29, 1.82) is 5.26 Å². The lowest BCUT2D eigenvalue weighted by atomic mass is 9.83. The molecule has 0 amide bonds. The maximum absolute atomic E-state index is 9.13. The fraction of sp³-hybridized carbons (Fsp3) is 0.375. The number of aliphatic imine (C=N–C) groups is 1. The first-order valence-corrected chi connectivity index (χ1v) is 6.58. The third kappa shape index (κ3) is 2.59. The zero-order valence-corrected chi connectivity index (χ0v) is 11.3. The first-order chi connectivity index (χ1) is 9.21. The van der Waals surface area contributed by atoms with Crippen molar-refractivity contribution in [2.45, 2.75) is 19.3 Å². The Hall–Kier alpha value is -1.92. The Kier molecular flexibility index (Phi) is 4.13. The van der Waals surface area contributed by atoms with E-state index in [4.69, 9.17) is 5.26 Å². The molecule has 1 aliphatic rings. The van der Waals surface area contributed by atoms with Gasteiger partial charge in [0.25, 0.3) is 0 Å². The van der Waals surface area contributed by atoms with Gasteiger partial charge in [-0.3, -0.25) is 4.99 Å². The summed E-state index contributed by atoms with van der Waals surface area (Å²) >= 11 is 0. The Balaban J connectivity index is 2.49. The summed E-state index contributed by atoms with van der Waals surface area (Å²) in [7, 11) is 0. The number of benzene rings is 1. The quantitative estimate of drug-likeness (QED) is 0.841. The minimum Gasteiger partial charge on any atom is -0.316 e. The first kappa shape index (κ1) is 13.5. The van der Waals surface area contributed by atoms with Crippen LogP contribution in [0.1, 0.15) is 36.0 Å². The van der Waals surface area contributed by atoms with Crippen LogP contribution < -0.4 is 5.32 Å². The minimum atomic E-state index is 0.449. The number of nitriles is 1. The van der Waals surface area contributed by atoms with Gasteiger partial charge in [0.2, 0.25) is 0 Å². The standard InChI is InChI=1S/C16H19N3/c1-4-14-15(13-7-11(2)9-19-10-13)6-5-12(8-17)16(14)18-3/h4-6,11,13,19H,1,3,7,9-10H2,2H3. The summed E-state index contributed by atoms with van der Waals surface area (Å²) in [6.45, 7) is 11.7. The Labute approximate surface area is 114 Å². The van der Waals surface area contributed by atoms with Crippen LogP contribution >= 0.6 is 0 Å². The van der Waals surface area contributed by atoms with Crippen molar-refractivity contribution in [3.63, 3.8) is 0 Å². The maximum Gasteiger partial charge on any atom is 0.101 e. The number of rotatable bonds is 3. The van der Waals surface area contributed by atoms with E-state index in [1.165, 1.54) is 5.56 Å². The van der Waals surface area contributed by atoms with Crippen LogP contribution in [-0.4, -0.2) is 19.8 Å². The third-order valence-electron chi connectivity index (χ3n) is 3.74. The van der Waals surface area contributed by atoms with Crippen LogP contribution in [0, 0.1) is 17.2 Å². The van der Waals surface area contributed by atoms with E-state index in [0.717, 1.165) is 25.1 Å². The average molecular weight is 253 g/mol. The monoisotopic (exact) mass is 253 g/mol. The molecule has 2 rings (SSSR count). The molecule has 1 heterocycles. The molecule has 19 heavy (non-hydrogen) atoms. The fourth-order valence-electron chi connectivity index (χ4n) is 2.85. The van der Waals surface area contributed by atoms with E-state index < -0.39 is 0 Å². The molecule has 1 aromatic carbocycles. The molecule has 1 aromatic rings. The van der Waals surface area contributed by atoms with Gasteiger partial charge in [0, 0.05) is 12.1 Å². The van der Waals surface area contributed by atoms with Crippen molar-refractivity contribution < 1.29 is 0 Å². The largest absolute Gasteiger partial charge is 0.316 e. The highest BCUT2D eigenvalue weighted by Crippen LogP contribution is 2.35. The smallest absolute Gasteiger partial charge is 0.101 e. The molecule has 0 aliphatic carbocycles. The number of piperidine rings is 1. The Bertz CT molecular complexity index is 540. The molecule has 0 bridgehead atoms. The van der Waals surface area contributed by atoms with Crippen LogP contribution in [0.5, 0.6) is 0 Å². The lowest BCUT2D eigenvalue weighted by Gasteiger charge is -2.29. The van der Waals surface area contributed by atoms with Crippen LogP contribution in [0.15, 0.2) is 23.7 Å². The highest BCUT2D eigenvalue weighted by molar-refractivity contribution is 5.74. The molecule has 1 fully saturated rings. The van der Waals surface area contributed by atoms with Crippen molar-refractivity contribution in [1.82, 2.24) is 5.32 Å². The van der Waals surface area contributed by atoms with Crippen LogP contribution in [0.2, 0.25) is 0 Å². The van der Waals surface area contributed by atoms with Crippen molar-refractivity contribution in [2.24, 2.45) is 10.9 Å². The molecule has 0 aromatic heterocycles. The van der Waals surface area contributed by atoms with Crippen molar-refractivity contribution in [3.05, 3.63) is 35.4 Å². The summed E-state index contributed by atoms with van der Waals surface area (Å²) in [4.78, 5) is 4.02. The van der Waals surface area contributed by atoms with Gasteiger partial charge in [0.05, 0.1) is 11.3 Å². The molecule has 0 saturated carbocycles. The summed E-state index contributed by atoms with van der Waals surface area (Å²) in [6.07, 6.45) is 2.94. The topological polar surface area (TPSA) is 48.2 Å². The second kappa shape index (κ2) is 5.81. The molecule has 2 unspecified atom stereocenters. The summed E-state index contributed by atoms with van der Waals surface area (Å²) < 4.78 is 0. The van der Waals surface area contributed by atoms with Gasteiger partial charge in [-0.2, -0.15) is 5.26 Å². The molecule has 1 N–H and O–H groups in total. The van der Waals surface area contributed by atoms with Crippen molar-refractivity contribution in [3.8, 4) is 6.07 Å². The predicted molar refractivity (Wildman–Crippen MR) is 79.8 cm³/mol. The normalized spacial score (nSPS) is 22.5. The second-order valence-electron chi connectivity index (χ2n) is 5.13. The molecule has 98 valence electrons. The molecule has 0 radical (unpaired) electrons. The lowest BCUT2D eigenvalue weighted by Crippen LogP contribution is -2.34. The Morgan fingerprint density at radius 1 is 1.47 bits per heavy atom. The van der Waals surface area contributed by atoms with Gasteiger partial charge in [0.1, 0.15) is 6.07 Å². The lowest BCUT2D eigenvalue weighted by molar-refractivity contribution is 0.364. The number of nitrogens with zero attached hydrogens (tertiary/aromatic N) is 2. The zero-order chi connectivity index (χ0) is 13.8. The van der Waals surface area contributed by atoms with Crippen LogP contribution in [-0.2, 0) is 0 Å². The summed E-state index contributed by atoms with van der Waals surface area (Å²) in [6, 6.07) is 6.04. The third-order valence-corrected chi connectivity index (χ3v) is 3.74. The Morgan fingerprint density at radius 3 is 2.84 bits per heavy atom. The SMILES string of the molecule is C=Cc1c(C2CNCC(C)C2)ccc(C#N)c1N=C.